The number of fused-ring (bicyclic) bond motifs is 1. The van der Waals surface area contributed by atoms with Crippen LogP contribution >= 0.6 is 0 Å². The Morgan fingerprint density at radius 3 is 2.62 bits per heavy atom. The van der Waals surface area contributed by atoms with Gasteiger partial charge in [-0.25, -0.2) is 0 Å². The normalized spacial score (nSPS) is 17.2. The summed E-state index contributed by atoms with van der Waals surface area (Å²) in [5.74, 6) is 0. The van der Waals surface area contributed by atoms with Gasteiger partial charge in [0, 0.05) is 31.8 Å². The van der Waals surface area contributed by atoms with Crippen molar-refractivity contribution in [3.05, 3.63) is 82.2 Å². The van der Waals surface area contributed by atoms with Gasteiger partial charge < -0.3 is 9.15 Å². The van der Waals surface area contributed by atoms with E-state index in [1.54, 1.807) is 6.26 Å². The molecule has 1 atom stereocenters. The third kappa shape index (κ3) is 3.87. The van der Waals surface area contributed by atoms with Gasteiger partial charge in [0.15, 0.2) is 5.43 Å². The lowest BCUT2D eigenvalue weighted by Crippen LogP contribution is -2.33. The number of ether oxygens (including phenoxy) is 1. The quantitative estimate of drug-likeness (QED) is 0.675. The summed E-state index contributed by atoms with van der Waals surface area (Å²) in [6, 6.07) is 17.7. The van der Waals surface area contributed by atoms with E-state index in [0.717, 1.165) is 32.5 Å². The number of hydrogen-bond acceptors (Lipinski definition) is 4. The minimum Gasteiger partial charge on any atom is -0.464 e. The first-order valence-corrected chi connectivity index (χ1v) is 9.17. The summed E-state index contributed by atoms with van der Waals surface area (Å²) in [7, 11) is 0. The van der Waals surface area contributed by atoms with Gasteiger partial charge >= 0.3 is 0 Å². The van der Waals surface area contributed by atoms with Crippen molar-refractivity contribution in [3.63, 3.8) is 0 Å². The molecule has 1 aliphatic heterocycles. The fraction of sp³-hybridized carbons (Fsp3) is 0.318. The van der Waals surface area contributed by atoms with Crippen molar-refractivity contribution < 1.29 is 9.15 Å². The Morgan fingerprint density at radius 1 is 1.00 bits per heavy atom. The predicted molar refractivity (Wildman–Crippen MR) is 102 cm³/mol. The second-order valence-electron chi connectivity index (χ2n) is 6.88. The van der Waals surface area contributed by atoms with Gasteiger partial charge in [-0.15, -0.1) is 0 Å². The Bertz CT molecular complexity index is 913. The summed E-state index contributed by atoms with van der Waals surface area (Å²) in [6.45, 7) is 3.00. The lowest BCUT2D eigenvalue weighted by atomic mass is 10.1. The highest BCUT2D eigenvalue weighted by atomic mass is 16.5. The van der Waals surface area contributed by atoms with Crippen LogP contribution in [0, 0.1) is 0 Å². The van der Waals surface area contributed by atoms with Crippen molar-refractivity contribution in [2.24, 2.45) is 0 Å². The Morgan fingerprint density at radius 2 is 1.81 bits per heavy atom. The van der Waals surface area contributed by atoms with Crippen LogP contribution < -0.4 is 5.43 Å². The van der Waals surface area contributed by atoms with Gasteiger partial charge in [-0.2, -0.15) is 0 Å². The maximum Gasteiger partial charge on any atom is 0.197 e. The van der Waals surface area contributed by atoms with Crippen LogP contribution in [-0.4, -0.2) is 24.2 Å². The van der Waals surface area contributed by atoms with Crippen LogP contribution in [0.3, 0.4) is 0 Å². The minimum atomic E-state index is 0.0530. The van der Waals surface area contributed by atoms with Crippen molar-refractivity contribution in [2.45, 2.75) is 32.0 Å². The van der Waals surface area contributed by atoms with Crippen LogP contribution in [0.2, 0.25) is 0 Å². The van der Waals surface area contributed by atoms with Crippen LogP contribution in [0.5, 0.6) is 0 Å². The maximum absolute atomic E-state index is 12.8. The van der Waals surface area contributed by atoms with Gasteiger partial charge in [0.2, 0.25) is 0 Å². The number of hydrogen-bond donors (Lipinski definition) is 0. The molecule has 1 aliphatic rings. The highest BCUT2D eigenvalue weighted by Gasteiger charge is 2.21. The number of benzene rings is 2. The largest absolute Gasteiger partial charge is 0.464 e. The first-order valence-electron chi connectivity index (χ1n) is 9.17. The van der Waals surface area contributed by atoms with E-state index in [1.165, 1.54) is 5.56 Å². The smallest absolute Gasteiger partial charge is 0.197 e. The fourth-order valence-corrected chi connectivity index (χ4v) is 3.57. The topological polar surface area (TPSA) is 42.7 Å². The van der Waals surface area contributed by atoms with Gasteiger partial charge in [0.05, 0.1) is 17.8 Å². The third-order valence-electron chi connectivity index (χ3n) is 4.88. The van der Waals surface area contributed by atoms with Crippen molar-refractivity contribution in [1.29, 1.82) is 0 Å². The van der Waals surface area contributed by atoms with E-state index in [-0.39, 0.29) is 11.5 Å². The summed E-state index contributed by atoms with van der Waals surface area (Å²) in [4.78, 5) is 15.1. The zero-order chi connectivity index (χ0) is 17.8. The van der Waals surface area contributed by atoms with E-state index in [1.807, 2.05) is 42.5 Å². The van der Waals surface area contributed by atoms with Crippen LogP contribution in [0.25, 0.3) is 11.0 Å². The highest BCUT2D eigenvalue weighted by molar-refractivity contribution is 5.76. The molecule has 0 aliphatic carbocycles. The van der Waals surface area contributed by atoms with E-state index < -0.39 is 0 Å². The molecule has 1 saturated heterocycles. The Balaban J connectivity index is 1.59. The summed E-state index contributed by atoms with van der Waals surface area (Å²) in [6.07, 6.45) is 4.05. The molecule has 1 fully saturated rings. The minimum absolute atomic E-state index is 0.0530. The fourth-order valence-electron chi connectivity index (χ4n) is 3.57. The molecule has 3 aromatic rings. The molecule has 0 radical (unpaired) electrons. The summed E-state index contributed by atoms with van der Waals surface area (Å²) >= 11 is 0. The van der Waals surface area contributed by atoms with Crippen molar-refractivity contribution >= 4 is 11.0 Å². The molecule has 0 bridgehead atoms. The van der Waals surface area contributed by atoms with E-state index in [2.05, 4.69) is 17.0 Å². The Hall–Kier alpha value is -2.43. The zero-order valence-corrected chi connectivity index (χ0v) is 14.8. The standard InChI is InChI=1S/C22H23NO3/c24-22-18(16-26-21-11-5-4-10-20(21)22)14-23(15-19-9-6-12-25-19)13-17-7-2-1-3-8-17/h1-5,7-8,10-11,16,19H,6,9,12-15H2/t19-/m1/s1. The third-order valence-corrected chi connectivity index (χ3v) is 4.88. The molecule has 0 spiro atoms. The maximum atomic E-state index is 12.8. The summed E-state index contributed by atoms with van der Waals surface area (Å²) < 4.78 is 11.5. The van der Waals surface area contributed by atoms with Crippen LogP contribution in [0.4, 0.5) is 0 Å². The van der Waals surface area contributed by atoms with Crippen molar-refractivity contribution in [2.75, 3.05) is 13.2 Å². The van der Waals surface area contributed by atoms with E-state index in [4.69, 9.17) is 9.15 Å². The van der Waals surface area contributed by atoms with Crippen molar-refractivity contribution in [1.82, 2.24) is 4.90 Å². The average molecular weight is 349 g/mol. The monoisotopic (exact) mass is 349 g/mol. The van der Waals surface area contributed by atoms with Crippen LogP contribution in [0.15, 0.2) is 70.1 Å². The molecule has 4 rings (SSSR count). The van der Waals surface area contributed by atoms with Gasteiger partial charge in [0.25, 0.3) is 0 Å². The van der Waals surface area contributed by atoms with Crippen molar-refractivity contribution in [3.8, 4) is 0 Å². The van der Waals surface area contributed by atoms with Gasteiger partial charge in [0.1, 0.15) is 5.58 Å². The molecule has 0 amide bonds. The SMILES string of the molecule is O=c1c(CN(Cc2ccccc2)C[C@H]2CCCO2)coc2ccccc12. The second kappa shape index (κ2) is 7.85. The molecule has 0 unspecified atom stereocenters. The van der Waals surface area contributed by atoms with Crippen LogP contribution in [-0.2, 0) is 17.8 Å². The van der Waals surface area contributed by atoms with Gasteiger partial charge in [-0.1, -0.05) is 42.5 Å². The molecule has 2 heterocycles. The number of rotatable bonds is 6. The molecule has 2 aromatic carbocycles. The molecule has 26 heavy (non-hydrogen) atoms. The first-order chi connectivity index (χ1) is 12.8. The van der Waals surface area contributed by atoms with Gasteiger partial charge in [-0.3, -0.25) is 9.69 Å². The molecule has 4 heteroatoms. The van der Waals surface area contributed by atoms with Gasteiger partial charge in [-0.05, 0) is 30.5 Å². The second-order valence-corrected chi connectivity index (χ2v) is 6.88. The Labute approximate surface area is 153 Å². The van der Waals surface area contributed by atoms with E-state index in [9.17, 15) is 4.79 Å². The molecule has 1 aromatic heterocycles. The lowest BCUT2D eigenvalue weighted by Gasteiger charge is -2.25. The number of nitrogens with zero attached hydrogens (tertiary/aromatic N) is 1. The molecule has 134 valence electrons. The summed E-state index contributed by atoms with van der Waals surface area (Å²) in [5.41, 5.74) is 2.61. The van der Waals surface area contributed by atoms with E-state index in [0.29, 0.717) is 23.1 Å². The highest BCUT2D eigenvalue weighted by Crippen LogP contribution is 2.18. The molecule has 0 N–H and O–H groups in total. The van der Waals surface area contributed by atoms with Crippen LogP contribution in [0.1, 0.15) is 24.0 Å². The zero-order valence-electron chi connectivity index (χ0n) is 14.8. The average Bonchev–Trinajstić information content (AvgIpc) is 3.18. The van der Waals surface area contributed by atoms with E-state index >= 15 is 0 Å². The molecular weight excluding hydrogens is 326 g/mol. The number of para-hydroxylation sites is 1. The summed E-state index contributed by atoms with van der Waals surface area (Å²) in [5, 5.41) is 0.641. The molecule has 0 saturated carbocycles. The predicted octanol–water partition coefficient (Wildman–Crippen LogP) is 3.97. The first kappa shape index (κ1) is 17.0. The Kier molecular flexibility index (Phi) is 5.14. The molecule has 4 nitrogen and oxygen atoms in total. The molecular formula is C22H23NO3. The lowest BCUT2D eigenvalue weighted by molar-refractivity contribution is 0.0676.